The monoisotopic (exact) mass is 778 g/mol. The van der Waals surface area contributed by atoms with Crippen LogP contribution < -0.4 is 0 Å². The van der Waals surface area contributed by atoms with Crippen LogP contribution in [0.25, 0.3) is 21.8 Å². The molecular weight excluding hydrogens is 752 g/mol. The van der Waals surface area contributed by atoms with E-state index in [1.165, 1.54) is 16.0 Å². The second-order valence-electron chi connectivity index (χ2n) is 4.39. The third-order valence-electron chi connectivity index (χ3n) is 2.97. The molecule has 0 saturated carbocycles. The normalized spacial score (nSPS) is 9.37. The molecule has 0 saturated heterocycles. The number of nitrogens with one attached hydrogen (secondary N) is 1. The molecule has 0 spiro atoms. The standard InChI is InChI=1S/C15H14N2S2.2C2H6.3HI.V/c1-18-10-12-14(11-6-3-2-4-7-11)16-17-15(12)13-8-5-9-19-13;2*1-2;;;;/h2-9H,10H2,1H3,(H,16,17);2*1-2H3;3*1H;/q;;;;;;+3/p-3. The molecule has 1 aromatic carbocycles. The van der Waals surface area contributed by atoms with Gasteiger partial charge >= 0.3 is 64.9 Å². The van der Waals surface area contributed by atoms with Gasteiger partial charge in [0.25, 0.3) is 0 Å². The molecule has 2 heterocycles. The maximum atomic E-state index is 4.53. The maximum absolute atomic E-state index is 4.53. The number of hydrogen-bond donors (Lipinski definition) is 1. The van der Waals surface area contributed by atoms with Gasteiger partial charge in [0.2, 0.25) is 0 Å². The van der Waals surface area contributed by atoms with Gasteiger partial charge in [0.05, 0.1) is 16.3 Å². The van der Waals surface area contributed by atoms with Gasteiger partial charge in [-0.05, 0) is 17.7 Å². The number of aromatic amines is 1. The zero-order chi connectivity index (χ0) is 20.7. The molecule has 1 N–H and O–H groups in total. The van der Waals surface area contributed by atoms with Crippen LogP contribution in [-0.4, -0.2) is 16.5 Å². The van der Waals surface area contributed by atoms with Crippen molar-refractivity contribution in [3.8, 4) is 21.8 Å². The quantitative estimate of drug-likeness (QED) is 0.268. The molecule has 2 nitrogen and oxygen atoms in total. The number of rotatable bonds is 4. The van der Waals surface area contributed by atoms with Crippen molar-refractivity contribution in [1.82, 2.24) is 10.2 Å². The molecule has 150 valence electrons. The van der Waals surface area contributed by atoms with Crippen LogP contribution >= 0.6 is 83.0 Å². The van der Waals surface area contributed by atoms with Crippen LogP contribution in [0.1, 0.15) is 33.3 Å². The average Bonchev–Trinajstić information content (AvgIpc) is 3.35. The molecule has 0 fully saturated rings. The first-order valence-electron chi connectivity index (χ1n) is 8.56. The van der Waals surface area contributed by atoms with E-state index in [9.17, 15) is 0 Å². The number of nitrogens with zero attached hydrogens (tertiary/aromatic N) is 1. The van der Waals surface area contributed by atoms with E-state index in [2.05, 4.69) is 118 Å². The first-order chi connectivity index (χ1) is 13.1. The number of thiophene rings is 1. The van der Waals surface area contributed by atoms with Crippen LogP contribution in [0.2, 0.25) is 0 Å². The van der Waals surface area contributed by atoms with E-state index in [0.29, 0.717) is 0 Å². The molecule has 0 bridgehead atoms. The Kier molecular flexibility index (Phi) is 18.9. The van der Waals surface area contributed by atoms with Crippen LogP contribution in [0.3, 0.4) is 0 Å². The van der Waals surface area contributed by atoms with E-state index >= 15 is 0 Å². The molecule has 0 aliphatic heterocycles. The van der Waals surface area contributed by atoms with E-state index in [-0.39, 0.29) is 4.92 Å². The number of benzene rings is 1. The molecule has 27 heavy (non-hydrogen) atoms. The number of H-pyrrole nitrogens is 1. The first kappa shape index (κ1) is 28.3. The van der Waals surface area contributed by atoms with Crippen LogP contribution in [-0.2, 0) is 10.7 Å². The Morgan fingerprint density at radius 1 is 1.00 bits per heavy atom. The molecule has 0 radical (unpaired) electrons. The predicted molar refractivity (Wildman–Crippen MR) is 149 cm³/mol. The van der Waals surface area contributed by atoms with E-state index in [4.69, 9.17) is 0 Å². The van der Waals surface area contributed by atoms with Gasteiger partial charge in [-0.15, -0.1) is 11.3 Å². The summed E-state index contributed by atoms with van der Waals surface area (Å²) in [6.07, 6.45) is 2.12. The summed E-state index contributed by atoms with van der Waals surface area (Å²) in [4.78, 5) is 0.971. The van der Waals surface area contributed by atoms with E-state index in [1.807, 2.05) is 45.5 Å². The fraction of sp³-hybridized carbons (Fsp3) is 0.316. The van der Waals surface area contributed by atoms with Crippen molar-refractivity contribution in [2.75, 3.05) is 6.26 Å². The van der Waals surface area contributed by atoms with Gasteiger partial charge in [0, 0.05) is 16.9 Å². The van der Waals surface area contributed by atoms with E-state index < -0.39 is 0 Å². The summed E-state index contributed by atoms with van der Waals surface area (Å²) in [5, 5.41) is 9.83. The topological polar surface area (TPSA) is 28.7 Å². The Morgan fingerprint density at radius 2 is 1.59 bits per heavy atom. The second-order valence-corrected chi connectivity index (χ2v) is 41.6. The summed E-state index contributed by atoms with van der Waals surface area (Å²) in [5.74, 6) is 0.966. The first-order valence-corrected chi connectivity index (χ1v) is 24.4. The summed E-state index contributed by atoms with van der Waals surface area (Å²) in [5.41, 5.74) is 4.69. The van der Waals surface area contributed by atoms with Gasteiger partial charge in [0.15, 0.2) is 0 Å². The number of aromatic nitrogens is 2. The Labute approximate surface area is 210 Å². The minimum atomic E-state index is -0.278. The SMILES string of the molecule is CC.CC.CSCc1c(-c2ccccc2)n[nH]c1-c1cccs1.[I][V]([I])[I]. The van der Waals surface area contributed by atoms with Crippen LogP contribution in [0.15, 0.2) is 47.8 Å². The summed E-state index contributed by atoms with van der Waals surface area (Å²) < 4.78 is 0. The van der Waals surface area contributed by atoms with Gasteiger partial charge < -0.3 is 0 Å². The van der Waals surface area contributed by atoms with E-state index in [0.717, 1.165) is 17.1 Å². The third kappa shape index (κ3) is 10.7. The molecule has 0 aliphatic carbocycles. The number of halogens is 3. The number of hydrogen-bond acceptors (Lipinski definition) is 3. The summed E-state index contributed by atoms with van der Waals surface area (Å²) in [6.45, 7) is 8.00. The molecule has 0 amide bonds. The van der Waals surface area contributed by atoms with Crippen molar-refractivity contribution in [3.05, 3.63) is 53.4 Å². The molecule has 3 aromatic rings. The van der Waals surface area contributed by atoms with Crippen molar-refractivity contribution >= 4 is 83.0 Å². The van der Waals surface area contributed by atoms with Crippen molar-refractivity contribution < 1.29 is 4.92 Å². The zero-order valence-corrected chi connectivity index (χ0v) is 25.7. The summed E-state index contributed by atoms with van der Waals surface area (Å²) in [6, 6.07) is 14.6. The predicted octanol–water partition coefficient (Wildman–Crippen LogP) is 9.38. The molecule has 0 aliphatic rings. The van der Waals surface area contributed by atoms with Crippen molar-refractivity contribution in [1.29, 1.82) is 0 Å². The third-order valence-corrected chi connectivity index (χ3v) is 4.44. The van der Waals surface area contributed by atoms with Crippen LogP contribution in [0.4, 0.5) is 0 Å². The molecule has 0 atom stereocenters. The Bertz CT molecular complexity index is 702. The van der Waals surface area contributed by atoms with Crippen molar-refractivity contribution in [3.63, 3.8) is 0 Å². The Balaban J connectivity index is 0.000000737. The van der Waals surface area contributed by atoms with Gasteiger partial charge in [0.1, 0.15) is 0 Å². The zero-order valence-electron chi connectivity index (χ0n) is 16.2. The second kappa shape index (κ2) is 18.1. The van der Waals surface area contributed by atoms with Gasteiger partial charge in [-0.3, -0.25) is 5.10 Å². The molecule has 8 heteroatoms. The van der Waals surface area contributed by atoms with Gasteiger partial charge in [-0.1, -0.05) is 64.1 Å². The molecule has 0 unspecified atom stereocenters. The summed E-state index contributed by atoms with van der Waals surface area (Å²) >= 11 is 11.0. The van der Waals surface area contributed by atoms with Gasteiger partial charge in [-0.25, -0.2) is 0 Å². The van der Waals surface area contributed by atoms with Crippen LogP contribution in [0.5, 0.6) is 0 Å². The Morgan fingerprint density at radius 3 is 2.07 bits per heavy atom. The fourth-order valence-electron chi connectivity index (χ4n) is 2.11. The molecular formula is C19H26I3N2S2V. The summed E-state index contributed by atoms with van der Waals surface area (Å²) in [7, 11) is 0. The Hall–Kier alpha value is 1.25. The van der Waals surface area contributed by atoms with Crippen molar-refractivity contribution in [2.45, 2.75) is 33.4 Å². The van der Waals surface area contributed by atoms with Gasteiger partial charge in [-0.2, -0.15) is 16.9 Å². The number of thioether (sulfide) groups is 1. The van der Waals surface area contributed by atoms with E-state index in [1.54, 1.807) is 11.3 Å². The fourth-order valence-corrected chi connectivity index (χ4v) is 3.43. The minimum absolute atomic E-state index is 0.278. The molecule has 3 rings (SSSR count). The average molecular weight is 778 g/mol. The van der Waals surface area contributed by atoms with Crippen LogP contribution in [0, 0.1) is 0 Å². The molecule has 2 aromatic heterocycles. The van der Waals surface area contributed by atoms with Crippen molar-refractivity contribution in [2.24, 2.45) is 0 Å².